The van der Waals surface area contributed by atoms with Gasteiger partial charge in [0.2, 0.25) is 0 Å². The van der Waals surface area contributed by atoms with Crippen LogP contribution in [0, 0.1) is 12.3 Å². The molecule has 0 amide bonds. The Kier molecular flexibility index (Phi) is 2.69. The molecule has 0 saturated heterocycles. The SMILES string of the molecule is C#CCn1cc(C2(C(=O)O)CCCC2)cn1. The third-order valence-corrected chi connectivity index (χ3v) is 3.31. The largest absolute Gasteiger partial charge is 0.481 e. The van der Waals surface area contributed by atoms with Crippen LogP contribution in [0.1, 0.15) is 31.2 Å². The molecule has 0 aliphatic heterocycles. The molecule has 2 rings (SSSR count). The van der Waals surface area contributed by atoms with Gasteiger partial charge in [0.15, 0.2) is 0 Å². The molecule has 0 unspecified atom stereocenters. The summed E-state index contributed by atoms with van der Waals surface area (Å²) in [5.41, 5.74) is 0.0556. The van der Waals surface area contributed by atoms with Crippen molar-refractivity contribution in [1.82, 2.24) is 9.78 Å². The molecule has 0 radical (unpaired) electrons. The highest BCUT2D eigenvalue weighted by Gasteiger charge is 2.43. The van der Waals surface area contributed by atoms with Crippen molar-refractivity contribution in [2.24, 2.45) is 0 Å². The van der Waals surface area contributed by atoms with E-state index in [-0.39, 0.29) is 0 Å². The lowest BCUT2D eigenvalue weighted by molar-refractivity contribution is -0.143. The molecule has 1 aliphatic carbocycles. The fourth-order valence-electron chi connectivity index (χ4n) is 2.40. The molecule has 1 aliphatic rings. The van der Waals surface area contributed by atoms with Crippen molar-refractivity contribution in [3.8, 4) is 12.3 Å². The van der Waals surface area contributed by atoms with Crippen LogP contribution < -0.4 is 0 Å². The molecule has 1 aromatic heterocycles. The Morgan fingerprint density at radius 2 is 2.31 bits per heavy atom. The van der Waals surface area contributed by atoms with E-state index in [0.29, 0.717) is 19.4 Å². The molecule has 0 atom stereocenters. The highest BCUT2D eigenvalue weighted by molar-refractivity contribution is 5.81. The second-order valence-corrected chi connectivity index (χ2v) is 4.23. The van der Waals surface area contributed by atoms with E-state index in [1.165, 1.54) is 0 Å². The molecule has 1 fully saturated rings. The Morgan fingerprint density at radius 3 is 2.88 bits per heavy atom. The number of hydrogen-bond donors (Lipinski definition) is 1. The predicted molar refractivity (Wildman–Crippen MR) is 58.8 cm³/mol. The van der Waals surface area contributed by atoms with E-state index >= 15 is 0 Å². The van der Waals surface area contributed by atoms with Crippen LogP contribution in [0.15, 0.2) is 12.4 Å². The van der Waals surface area contributed by atoms with Crippen LogP contribution in [0.25, 0.3) is 0 Å². The summed E-state index contributed by atoms with van der Waals surface area (Å²) < 4.78 is 1.61. The highest BCUT2D eigenvalue weighted by atomic mass is 16.4. The molecule has 0 spiro atoms. The van der Waals surface area contributed by atoms with Crippen molar-refractivity contribution in [1.29, 1.82) is 0 Å². The van der Waals surface area contributed by atoms with Crippen molar-refractivity contribution >= 4 is 5.97 Å². The van der Waals surface area contributed by atoms with Gasteiger partial charge in [0, 0.05) is 11.8 Å². The van der Waals surface area contributed by atoms with Crippen LogP contribution in [0.5, 0.6) is 0 Å². The summed E-state index contributed by atoms with van der Waals surface area (Å²) in [5.74, 6) is 1.74. The third-order valence-electron chi connectivity index (χ3n) is 3.31. The van der Waals surface area contributed by atoms with Crippen molar-refractivity contribution in [2.75, 3.05) is 0 Å². The standard InChI is InChI=1S/C12H14N2O2/c1-2-7-14-9-10(8-13-14)12(11(15)16)5-3-4-6-12/h1,8-9H,3-7H2,(H,15,16). The maximum Gasteiger partial charge on any atom is 0.314 e. The summed E-state index contributed by atoms with van der Waals surface area (Å²) in [4.78, 5) is 11.4. The molecule has 1 heterocycles. The number of carbonyl (C=O) groups is 1. The molecule has 0 bridgehead atoms. The minimum atomic E-state index is -0.745. The maximum absolute atomic E-state index is 11.4. The zero-order valence-electron chi connectivity index (χ0n) is 9.02. The number of hydrogen-bond acceptors (Lipinski definition) is 2. The lowest BCUT2D eigenvalue weighted by Gasteiger charge is -2.21. The number of aliphatic carboxylic acids is 1. The van der Waals surface area contributed by atoms with Crippen LogP contribution >= 0.6 is 0 Å². The highest BCUT2D eigenvalue weighted by Crippen LogP contribution is 2.41. The number of aromatic nitrogens is 2. The zero-order chi connectivity index (χ0) is 11.6. The van der Waals surface area contributed by atoms with Gasteiger partial charge in [0.05, 0.1) is 11.6 Å². The lowest BCUT2D eigenvalue weighted by Crippen LogP contribution is -2.32. The van der Waals surface area contributed by atoms with Gasteiger partial charge in [-0.05, 0) is 12.8 Å². The fraction of sp³-hybridized carbons (Fsp3) is 0.500. The molecule has 1 N–H and O–H groups in total. The van der Waals surface area contributed by atoms with Gasteiger partial charge in [-0.2, -0.15) is 5.10 Å². The Labute approximate surface area is 94.3 Å². The summed E-state index contributed by atoms with van der Waals surface area (Å²) in [6, 6.07) is 0. The summed E-state index contributed by atoms with van der Waals surface area (Å²) in [5, 5.41) is 13.5. The Morgan fingerprint density at radius 1 is 1.62 bits per heavy atom. The van der Waals surface area contributed by atoms with Crippen LogP contribution in [-0.2, 0) is 16.8 Å². The van der Waals surface area contributed by atoms with E-state index < -0.39 is 11.4 Å². The number of nitrogens with zero attached hydrogens (tertiary/aromatic N) is 2. The number of carboxylic acid groups (broad SMARTS) is 1. The minimum absolute atomic E-state index is 0.385. The van der Waals surface area contributed by atoms with E-state index in [1.54, 1.807) is 17.1 Å². The van der Waals surface area contributed by atoms with Gasteiger partial charge >= 0.3 is 5.97 Å². The fourth-order valence-corrected chi connectivity index (χ4v) is 2.40. The predicted octanol–water partition coefficient (Wildman–Crippen LogP) is 1.41. The Balaban J connectivity index is 2.33. The first kappa shape index (κ1) is 10.7. The maximum atomic E-state index is 11.4. The van der Waals surface area contributed by atoms with Crippen molar-refractivity contribution in [3.63, 3.8) is 0 Å². The summed E-state index contributed by atoms with van der Waals surface area (Å²) in [6.45, 7) is 0.385. The van der Waals surface area contributed by atoms with Crippen molar-refractivity contribution in [3.05, 3.63) is 18.0 Å². The summed E-state index contributed by atoms with van der Waals surface area (Å²) >= 11 is 0. The molecule has 4 heteroatoms. The normalized spacial score (nSPS) is 18.2. The van der Waals surface area contributed by atoms with Gasteiger partial charge in [0.25, 0.3) is 0 Å². The second kappa shape index (κ2) is 4.01. The van der Waals surface area contributed by atoms with Crippen LogP contribution in [0.3, 0.4) is 0 Å². The van der Waals surface area contributed by atoms with Crippen molar-refractivity contribution < 1.29 is 9.90 Å². The first-order valence-corrected chi connectivity index (χ1v) is 5.39. The number of terminal acetylenes is 1. The molecule has 1 saturated carbocycles. The molecular formula is C12H14N2O2. The second-order valence-electron chi connectivity index (χ2n) is 4.23. The number of carboxylic acids is 1. The minimum Gasteiger partial charge on any atom is -0.481 e. The van der Waals surface area contributed by atoms with Gasteiger partial charge in [-0.25, -0.2) is 0 Å². The summed E-state index contributed by atoms with van der Waals surface area (Å²) in [6.07, 6.45) is 11.9. The van der Waals surface area contributed by atoms with E-state index in [2.05, 4.69) is 11.0 Å². The molecule has 1 aromatic rings. The van der Waals surface area contributed by atoms with Crippen molar-refractivity contribution in [2.45, 2.75) is 37.6 Å². The molecule has 0 aromatic carbocycles. The van der Waals surface area contributed by atoms with Crippen LogP contribution in [0.2, 0.25) is 0 Å². The van der Waals surface area contributed by atoms with Crippen LogP contribution in [0.4, 0.5) is 0 Å². The number of rotatable bonds is 3. The van der Waals surface area contributed by atoms with Gasteiger partial charge in [0.1, 0.15) is 6.54 Å². The first-order valence-electron chi connectivity index (χ1n) is 5.39. The monoisotopic (exact) mass is 218 g/mol. The quantitative estimate of drug-likeness (QED) is 0.780. The zero-order valence-corrected chi connectivity index (χ0v) is 9.02. The third kappa shape index (κ3) is 1.58. The van der Waals surface area contributed by atoms with E-state index in [0.717, 1.165) is 18.4 Å². The van der Waals surface area contributed by atoms with Gasteiger partial charge < -0.3 is 5.11 Å². The average molecular weight is 218 g/mol. The van der Waals surface area contributed by atoms with Gasteiger partial charge in [-0.15, -0.1) is 6.42 Å². The van der Waals surface area contributed by atoms with E-state index in [9.17, 15) is 9.90 Å². The Bertz CT molecular complexity index is 436. The molecule has 16 heavy (non-hydrogen) atoms. The molecular weight excluding hydrogens is 204 g/mol. The molecule has 84 valence electrons. The van der Waals surface area contributed by atoms with E-state index in [4.69, 9.17) is 6.42 Å². The summed E-state index contributed by atoms with van der Waals surface area (Å²) in [7, 11) is 0. The van der Waals surface area contributed by atoms with Gasteiger partial charge in [-0.3, -0.25) is 9.48 Å². The average Bonchev–Trinajstić information content (AvgIpc) is 2.85. The lowest BCUT2D eigenvalue weighted by atomic mass is 9.81. The molecule has 4 nitrogen and oxygen atoms in total. The van der Waals surface area contributed by atoms with Gasteiger partial charge in [-0.1, -0.05) is 18.8 Å². The van der Waals surface area contributed by atoms with E-state index in [1.807, 2.05) is 0 Å². The Hall–Kier alpha value is -1.76. The smallest absolute Gasteiger partial charge is 0.314 e. The van der Waals surface area contributed by atoms with Crippen LogP contribution in [-0.4, -0.2) is 20.9 Å². The topological polar surface area (TPSA) is 55.1 Å². The first-order chi connectivity index (χ1) is 7.69.